The van der Waals surface area contributed by atoms with Gasteiger partial charge in [-0.3, -0.25) is 4.79 Å². The molecule has 24 heavy (non-hydrogen) atoms. The molecule has 0 aliphatic carbocycles. The van der Waals surface area contributed by atoms with E-state index in [9.17, 15) is 30.8 Å². The molecule has 0 bridgehead atoms. The van der Waals surface area contributed by atoms with E-state index in [1.54, 1.807) is 0 Å². The number of rotatable bonds is 4. The molecule has 0 unspecified atom stereocenters. The van der Waals surface area contributed by atoms with E-state index in [0.29, 0.717) is 6.26 Å². The Morgan fingerprint density at radius 3 is 1.96 bits per heavy atom. The molecule has 0 aliphatic heterocycles. The Kier molecular flexibility index (Phi) is 4.52. The average Bonchev–Trinajstić information content (AvgIpc) is 2.48. The zero-order chi connectivity index (χ0) is 18.2. The first-order valence-electron chi connectivity index (χ1n) is 6.18. The van der Waals surface area contributed by atoms with Crippen molar-refractivity contribution in [3.8, 4) is 11.5 Å². The number of carbonyl (C=O) groups excluding carboxylic acids is 1. The Morgan fingerprint density at radius 1 is 1.00 bits per heavy atom. The normalized spacial score (nSPS) is 11.4. The summed E-state index contributed by atoms with van der Waals surface area (Å²) in [4.78, 5) is 9.47. The number of carbonyl (C=O) groups is 1. The molecule has 5 nitrogen and oxygen atoms in total. The Morgan fingerprint density at radius 2 is 1.50 bits per heavy atom. The number of amides is 1. The molecule has 128 valence electrons. The van der Waals surface area contributed by atoms with Gasteiger partial charge in [-0.1, -0.05) is 12.1 Å². The van der Waals surface area contributed by atoms with Crippen molar-refractivity contribution >= 4 is 15.7 Å². The summed E-state index contributed by atoms with van der Waals surface area (Å²) in [6.45, 7) is 0. The van der Waals surface area contributed by atoms with Crippen LogP contribution in [0.2, 0.25) is 0 Å². The molecule has 2 aromatic carbocycles. The summed E-state index contributed by atoms with van der Waals surface area (Å²) in [5, 5.41) is 0. The smallest absolute Gasteiger partial charge is 0.252 e. The Hall–Kier alpha value is -2.62. The third kappa shape index (κ3) is 3.04. The maximum atomic E-state index is 14.0. The molecule has 2 rings (SSSR count). The number of ether oxygens (including phenoxy) is 1. The summed E-state index contributed by atoms with van der Waals surface area (Å²) in [6, 6.07) is 4.92. The highest BCUT2D eigenvalue weighted by atomic mass is 32.2. The van der Waals surface area contributed by atoms with E-state index in [4.69, 9.17) is 10.5 Å². The van der Waals surface area contributed by atoms with Crippen LogP contribution in [0.15, 0.2) is 29.2 Å². The summed E-state index contributed by atoms with van der Waals surface area (Å²) in [7, 11) is -4.58. The monoisotopic (exact) mass is 363 g/mol. The number of sulfone groups is 1. The Balaban J connectivity index is 2.69. The highest BCUT2D eigenvalue weighted by Crippen LogP contribution is 2.36. The molecule has 0 saturated carbocycles. The van der Waals surface area contributed by atoms with Gasteiger partial charge in [0.2, 0.25) is 17.4 Å². The first-order chi connectivity index (χ1) is 11.1. The Labute approximate surface area is 133 Å². The van der Waals surface area contributed by atoms with Gasteiger partial charge in [-0.25, -0.2) is 17.2 Å². The van der Waals surface area contributed by atoms with E-state index >= 15 is 0 Å². The zero-order valence-electron chi connectivity index (χ0n) is 11.9. The molecule has 0 aliphatic rings. The number of primary amides is 1. The lowest BCUT2D eigenvalue weighted by atomic mass is 10.2. The number of hydrogen-bond donors (Lipinski definition) is 1. The van der Waals surface area contributed by atoms with Crippen LogP contribution in [-0.4, -0.2) is 20.6 Å². The van der Waals surface area contributed by atoms with Crippen LogP contribution in [0.5, 0.6) is 11.5 Å². The summed E-state index contributed by atoms with van der Waals surface area (Å²) < 4.78 is 82.9. The van der Waals surface area contributed by atoms with Gasteiger partial charge in [-0.15, -0.1) is 0 Å². The van der Waals surface area contributed by atoms with E-state index in [2.05, 4.69) is 0 Å². The van der Waals surface area contributed by atoms with Crippen molar-refractivity contribution in [2.75, 3.05) is 6.26 Å². The summed E-state index contributed by atoms with van der Waals surface area (Å²) in [5.41, 5.74) is 4.75. The van der Waals surface area contributed by atoms with Gasteiger partial charge >= 0.3 is 0 Å². The van der Waals surface area contributed by atoms with Crippen LogP contribution in [0.3, 0.4) is 0 Å². The summed E-state index contributed by atoms with van der Waals surface area (Å²) >= 11 is 0. The molecule has 0 atom stereocenters. The van der Waals surface area contributed by atoms with E-state index < -0.39 is 55.4 Å². The van der Waals surface area contributed by atoms with E-state index in [0.717, 1.165) is 12.1 Å². The van der Waals surface area contributed by atoms with Crippen molar-refractivity contribution in [3.05, 3.63) is 53.1 Å². The zero-order valence-corrected chi connectivity index (χ0v) is 12.8. The second-order valence-corrected chi connectivity index (χ2v) is 6.60. The predicted molar refractivity (Wildman–Crippen MR) is 74.4 cm³/mol. The van der Waals surface area contributed by atoms with Crippen LogP contribution in [0.25, 0.3) is 0 Å². The quantitative estimate of drug-likeness (QED) is 0.668. The molecule has 1 amide bonds. The van der Waals surface area contributed by atoms with Gasteiger partial charge in [0.15, 0.2) is 21.5 Å². The molecular formula is C14H9F4NO4S. The third-order valence-electron chi connectivity index (χ3n) is 2.92. The average molecular weight is 363 g/mol. The minimum atomic E-state index is -4.58. The van der Waals surface area contributed by atoms with Gasteiger partial charge in [0.05, 0.1) is 5.56 Å². The maximum Gasteiger partial charge on any atom is 0.252 e. The first kappa shape index (κ1) is 17.7. The fraction of sp³-hybridized carbons (Fsp3) is 0.0714. The Bertz CT molecular complexity index is 915. The lowest BCUT2D eigenvalue weighted by Crippen LogP contribution is -2.14. The first-order valence-corrected chi connectivity index (χ1v) is 8.07. The highest BCUT2D eigenvalue weighted by molar-refractivity contribution is 7.90. The molecule has 0 aromatic heterocycles. The summed E-state index contributed by atoms with van der Waals surface area (Å²) in [5.74, 6) is -11.4. The van der Waals surface area contributed by atoms with Gasteiger partial charge in [-0.2, -0.15) is 8.78 Å². The van der Waals surface area contributed by atoms with Crippen molar-refractivity contribution in [1.82, 2.24) is 0 Å². The van der Waals surface area contributed by atoms with Crippen LogP contribution in [0.1, 0.15) is 10.4 Å². The van der Waals surface area contributed by atoms with Crippen LogP contribution in [0, 0.1) is 23.3 Å². The molecule has 10 heteroatoms. The standard InChI is InChI=1S/C14H9F4NO4S/c1-24(21,22)13-10(17)8(15)12(9(16)11(13)18)23-7-5-3-2-4-6(7)14(19)20/h2-5H,1H3,(H2,19,20). The number of halogens is 4. The van der Waals surface area contributed by atoms with Crippen LogP contribution in [0.4, 0.5) is 17.6 Å². The molecule has 0 fully saturated rings. The van der Waals surface area contributed by atoms with Gasteiger partial charge in [0, 0.05) is 6.26 Å². The second-order valence-electron chi connectivity index (χ2n) is 4.65. The van der Waals surface area contributed by atoms with Crippen molar-refractivity contribution in [3.63, 3.8) is 0 Å². The predicted octanol–water partition coefficient (Wildman–Crippen LogP) is 2.54. The fourth-order valence-corrected chi connectivity index (χ4v) is 2.71. The molecule has 2 aromatic rings. The van der Waals surface area contributed by atoms with E-state index in [-0.39, 0.29) is 5.56 Å². The second kappa shape index (κ2) is 6.11. The molecule has 0 heterocycles. The van der Waals surface area contributed by atoms with Crippen molar-refractivity contribution < 1.29 is 35.5 Å². The minimum Gasteiger partial charge on any atom is -0.450 e. The van der Waals surface area contributed by atoms with Crippen LogP contribution >= 0.6 is 0 Å². The minimum absolute atomic E-state index is 0.302. The molecule has 2 N–H and O–H groups in total. The SMILES string of the molecule is CS(=O)(=O)c1c(F)c(F)c(Oc2ccccc2C(N)=O)c(F)c1F. The van der Waals surface area contributed by atoms with E-state index in [1.807, 2.05) is 0 Å². The lowest BCUT2D eigenvalue weighted by Gasteiger charge is -2.13. The topological polar surface area (TPSA) is 86.5 Å². The van der Waals surface area contributed by atoms with Gasteiger partial charge < -0.3 is 10.5 Å². The van der Waals surface area contributed by atoms with Gasteiger partial charge in [0.25, 0.3) is 5.91 Å². The number of benzene rings is 2. The molecular weight excluding hydrogens is 354 g/mol. The molecule has 0 radical (unpaired) electrons. The highest BCUT2D eigenvalue weighted by Gasteiger charge is 2.32. The maximum absolute atomic E-state index is 14.0. The van der Waals surface area contributed by atoms with Crippen LogP contribution < -0.4 is 10.5 Å². The fourth-order valence-electron chi connectivity index (χ4n) is 1.88. The molecule has 0 spiro atoms. The van der Waals surface area contributed by atoms with Crippen LogP contribution in [-0.2, 0) is 9.84 Å². The largest absolute Gasteiger partial charge is 0.450 e. The van der Waals surface area contributed by atoms with Crippen molar-refractivity contribution in [1.29, 1.82) is 0 Å². The number of nitrogens with two attached hydrogens (primary N) is 1. The lowest BCUT2D eigenvalue weighted by molar-refractivity contribution is 0.0998. The number of hydrogen-bond acceptors (Lipinski definition) is 4. The van der Waals surface area contributed by atoms with E-state index in [1.165, 1.54) is 12.1 Å². The van der Waals surface area contributed by atoms with Crippen molar-refractivity contribution in [2.45, 2.75) is 4.90 Å². The number of para-hydroxylation sites is 1. The van der Waals surface area contributed by atoms with Gasteiger partial charge in [-0.05, 0) is 12.1 Å². The van der Waals surface area contributed by atoms with Gasteiger partial charge in [0.1, 0.15) is 10.6 Å². The summed E-state index contributed by atoms with van der Waals surface area (Å²) in [6.07, 6.45) is 0.385. The molecule has 0 saturated heterocycles. The van der Waals surface area contributed by atoms with Crippen molar-refractivity contribution in [2.24, 2.45) is 5.73 Å². The third-order valence-corrected chi connectivity index (χ3v) is 4.02.